The Morgan fingerprint density at radius 3 is 1.59 bits per heavy atom. The fourth-order valence-corrected chi connectivity index (χ4v) is 10.7. The van der Waals surface area contributed by atoms with Crippen LogP contribution in [0.1, 0.15) is 105 Å². The molecule has 2 aromatic rings. The third-order valence-corrected chi connectivity index (χ3v) is 13.1. The van der Waals surface area contributed by atoms with E-state index in [1.165, 1.54) is 37.4 Å². The van der Waals surface area contributed by atoms with Crippen LogP contribution in [0.4, 0.5) is 0 Å². The Bertz CT molecular complexity index is 868. The molecule has 2 N–H and O–H groups in total. The van der Waals surface area contributed by atoms with Gasteiger partial charge in [0.05, 0.1) is 0 Å². The Balaban J connectivity index is 0.000000716. The van der Waals surface area contributed by atoms with Crippen molar-refractivity contribution in [3.8, 4) is 0 Å². The zero-order valence-corrected chi connectivity index (χ0v) is 28.2. The zero-order chi connectivity index (χ0) is 26.8. The van der Waals surface area contributed by atoms with Crippen molar-refractivity contribution in [3.05, 3.63) is 59.2 Å². The average molecular weight is 585 g/mol. The van der Waals surface area contributed by atoms with Gasteiger partial charge < -0.3 is 41.0 Å². The maximum Gasteiger partial charge on any atom is 0.0194 e. The molecule has 2 aromatic carbocycles. The van der Waals surface area contributed by atoms with Gasteiger partial charge in [-0.3, -0.25) is 0 Å². The van der Waals surface area contributed by atoms with Gasteiger partial charge in [0.25, 0.3) is 0 Å². The van der Waals surface area contributed by atoms with E-state index in [0.717, 1.165) is 13.1 Å². The third-order valence-electron chi connectivity index (χ3n) is 8.09. The van der Waals surface area contributed by atoms with E-state index in [2.05, 4.69) is 94.3 Å². The van der Waals surface area contributed by atoms with Crippen molar-refractivity contribution in [1.82, 2.24) is 10.6 Å². The predicted molar refractivity (Wildman–Crippen MR) is 166 cm³/mol. The van der Waals surface area contributed by atoms with Crippen LogP contribution >= 0.6 is 17.2 Å². The topological polar surface area (TPSA) is 24.1 Å². The van der Waals surface area contributed by atoms with Gasteiger partial charge in [0, 0.05) is 34.3 Å². The minimum Gasteiger partial charge on any atom is -0.748 e. The summed E-state index contributed by atoms with van der Waals surface area (Å²) in [5.41, 5.74) is 4.93. The van der Waals surface area contributed by atoms with Crippen molar-refractivity contribution >= 4 is 17.2 Å². The van der Waals surface area contributed by atoms with E-state index < -0.39 is 0 Å². The molecule has 0 spiro atoms. The fourth-order valence-electron chi connectivity index (χ4n) is 6.30. The third kappa shape index (κ3) is 8.26. The molecule has 0 aliphatic carbocycles. The molecule has 2 nitrogen and oxygen atoms in total. The Labute approximate surface area is 243 Å². The van der Waals surface area contributed by atoms with Crippen molar-refractivity contribution in [2.24, 2.45) is 0 Å². The Hall–Kier alpha value is -0.000519. The monoisotopic (exact) mass is 584 g/mol. The van der Waals surface area contributed by atoms with E-state index in [1.54, 1.807) is 11.1 Å². The summed E-state index contributed by atoms with van der Waals surface area (Å²) in [6.45, 7) is 24.2. The molecule has 0 bridgehead atoms. The Morgan fingerprint density at radius 2 is 1.27 bits per heavy atom. The van der Waals surface area contributed by atoms with Crippen LogP contribution < -0.4 is 10.6 Å². The first-order valence-electron chi connectivity index (χ1n) is 14.2. The molecule has 0 aromatic heterocycles. The second-order valence-corrected chi connectivity index (χ2v) is 18.9. The maximum absolute atomic E-state index is 3.91. The standard InChI is InChI=1S/C27H49N2P2.C5H5.Fe/c1-24(2,3)20-16-19(18-31(25(4,5)6)26(7,8)9)21(17-20)27(30,22-12-10-14-28-22)23-13-11-15-29-23;1-2-4-5-3-1;/h16-17,22-23,28-29H,10-15,18,30H2,1-9H3;1-5H;/q-1;-5;. The Morgan fingerprint density at radius 1 is 0.838 bits per heavy atom. The number of hydrogen-bond donors (Lipinski definition) is 2. The van der Waals surface area contributed by atoms with Crippen LogP contribution in [0.25, 0.3) is 0 Å². The SMILES string of the molecule is CC(C)(C)c1cc(C(P)(C2CCCN2)C2CCCN2)[c-](CP(C(C)(C)C)C(C)(C)C)c1.[Fe].[cH-]1[cH-][cH-][cH-][cH-]1. The quantitative estimate of drug-likeness (QED) is 0.210. The molecule has 5 heteroatoms. The van der Waals surface area contributed by atoms with E-state index >= 15 is 0 Å². The second-order valence-electron chi connectivity index (χ2n) is 14.1. The van der Waals surface area contributed by atoms with Gasteiger partial charge in [0.15, 0.2) is 0 Å². The first kappa shape index (κ1) is 33.2. The molecule has 2 aliphatic heterocycles. The first-order valence-corrected chi connectivity index (χ1v) is 16.3. The molecular formula is C32H54FeN2P2-6. The summed E-state index contributed by atoms with van der Waals surface area (Å²) in [4.78, 5) is 0. The van der Waals surface area contributed by atoms with Crippen LogP contribution in [-0.2, 0) is 33.8 Å². The van der Waals surface area contributed by atoms with Gasteiger partial charge in [-0.25, -0.2) is 6.07 Å². The van der Waals surface area contributed by atoms with E-state index in [0.29, 0.717) is 22.4 Å². The van der Waals surface area contributed by atoms with E-state index in [9.17, 15) is 0 Å². The first-order chi connectivity index (χ1) is 16.6. The van der Waals surface area contributed by atoms with Gasteiger partial charge in [0.1, 0.15) is 0 Å². The number of rotatable bonds is 5. The number of nitrogens with one attached hydrogen (secondary N) is 2. The van der Waals surface area contributed by atoms with Gasteiger partial charge in [-0.15, -0.1) is 22.7 Å². The molecule has 0 saturated carbocycles. The van der Waals surface area contributed by atoms with Crippen LogP contribution in [-0.4, -0.2) is 35.5 Å². The van der Waals surface area contributed by atoms with Crippen LogP contribution in [0.2, 0.25) is 0 Å². The average Bonchev–Trinajstić information content (AvgIpc) is 3.57. The largest absolute Gasteiger partial charge is 0.748 e. The van der Waals surface area contributed by atoms with Crippen molar-refractivity contribution in [2.75, 3.05) is 13.1 Å². The van der Waals surface area contributed by atoms with Crippen LogP contribution in [0.3, 0.4) is 0 Å². The summed E-state index contributed by atoms with van der Waals surface area (Å²) in [6, 6.07) is 16.3. The minimum atomic E-state index is -0.179. The molecule has 37 heavy (non-hydrogen) atoms. The van der Waals surface area contributed by atoms with Crippen molar-refractivity contribution in [1.29, 1.82) is 0 Å². The van der Waals surface area contributed by atoms with Gasteiger partial charge in [-0.2, -0.15) is 17.2 Å². The molecule has 0 radical (unpaired) electrons. The molecule has 3 atom stereocenters. The van der Waals surface area contributed by atoms with Gasteiger partial charge >= 0.3 is 0 Å². The second kappa shape index (κ2) is 13.1. The molecule has 4 rings (SSSR count). The van der Waals surface area contributed by atoms with Crippen molar-refractivity contribution in [3.63, 3.8) is 0 Å². The molecule has 2 fully saturated rings. The molecular weight excluding hydrogens is 530 g/mol. The molecule has 2 saturated heterocycles. The maximum atomic E-state index is 3.91. The minimum absolute atomic E-state index is 0. The molecule has 3 unspecified atom stereocenters. The predicted octanol–water partition coefficient (Wildman–Crippen LogP) is 8.26. The van der Waals surface area contributed by atoms with Crippen molar-refractivity contribution < 1.29 is 17.1 Å². The summed E-state index contributed by atoms with van der Waals surface area (Å²) in [5, 5.41) is 8.56. The molecule has 216 valence electrons. The van der Waals surface area contributed by atoms with Crippen LogP contribution in [0, 0.1) is 0 Å². The summed E-state index contributed by atoms with van der Waals surface area (Å²) in [5.74, 6) is 0. The van der Waals surface area contributed by atoms with Gasteiger partial charge in [0.2, 0.25) is 0 Å². The van der Waals surface area contributed by atoms with E-state index in [-0.39, 0.29) is 35.6 Å². The van der Waals surface area contributed by atoms with E-state index in [4.69, 9.17) is 0 Å². The van der Waals surface area contributed by atoms with Crippen LogP contribution in [0.5, 0.6) is 0 Å². The molecule has 2 heterocycles. The summed E-state index contributed by atoms with van der Waals surface area (Å²) >= 11 is 0. The normalized spacial score (nSPS) is 22.4. The summed E-state index contributed by atoms with van der Waals surface area (Å²) in [6.07, 6.45) is 6.39. The molecule has 0 amide bonds. The Kier molecular flexibility index (Phi) is 11.8. The van der Waals surface area contributed by atoms with Gasteiger partial charge in [-0.1, -0.05) is 73.9 Å². The summed E-state index contributed by atoms with van der Waals surface area (Å²) < 4.78 is 0. The number of hydrogen-bond acceptors (Lipinski definition) is 2. The zero-order valence-electron chi connectivity index (χ0n) is 25.0. The summed E-state index contributed by atoms with van der Waals surface area (Å²) in [7, 11) is 3.23. The molecule has 2 aliphatic rings. The van der Waals surface area contributed by atoms with E-state index in [1.807, 2.05) is 30.3 Å². The fraction of sp³-hybridized carbons (Fsp3) is 0.688. The van der Waals surface area contributed by atoms with Gasteiger partial charge in [-0.05, 0) is 49.1 Å². The smallest absolute Gasteiger partial charge is 0.0194 e. The van der Waals surface area contributed by atoms with Crippen LogP contribution in [0.15, 0.2) is 42.5 Å². The van der Waals surface area contributed by atoms with Crippen molar-refractivity contribution in [2.45, 2.75) is 127 Å².